The minimum Gasteiger partial charge on any atom is -0.448 e. The molecule has 1 radical (unpaired) electrons. The molecule has 20 heteroatoms. The second kappa shape index (κ2) is 32.6. The molecule has 0 bridgehead atoms. The zero-order chi connectivity index (χ0) is 62.1. The van der Waals surface area contributed by atoms with Gasteiger partial charge in [0, 0.05) is 85.5 Å². The predicted octanol–water partition coefficient (Wildman–Crippen LogP) is 13.7. The number of halogens is 3. The van der Waals surface area contributed by atoms with Gasteiger partial charge in [0.1, 0.15) is 6.10 Å². The summed E-state index contributed by atoms with van der Waals surface area (Å²) in [5, 5.41) is 18.6. The molecule has 7 aliphatic rings. The Morgan fingerprint density at radius 2 is 0.518 bits per heavy atom. The van der Waals surface area contributed by atoms with Crippen molar-refractivity contribution in [3.8, 4) is 0 Å². The summed E-state index contributed by atoms with van der Waals surface area (Å²) in [5.74, 6) is 0.857. The Morgan fingerprint density at radius 3 is 0.741 bits per heavy atom. The van der Waals surface area contributed by atoms with Crippen LogP contribution in [0.25, 0.3) is 0 Å². The molecule has 7 saturated heterocycles. The molecule has 15 unspecified atom stereocenters. The SMILES string of the molecule is CCC1O[C@@H](O[C@H]2C(CC)O[C@@H](O[C@H]3C(C)C(C)C(OC(=N)C(Cl)(Cl)Cl)O[C@@H]3CO)[C@H](C)C2C)[C@H](C)C(C)[C@H]1O[C@H]1O[C@H](CC)[C@@H](O[C@H]2O[C@H](CC)[C@@H](O[C@@H]3OC(CC)[C@H](O[C@@H]4OC(CC)[C@H](C)[C@H](C)C4C)C(C)[C@H]3C)C(C)C2C)C(C)C1C.[Ac]. The first-order chi connectivity index (χ1) is 39.6. The van der Waals surface area contributed by atoms with Crippen molar-refractivity contribution in [3.05, 3.63) is 0 Å². The first-order valence-corrected chi connectivity index (χ1v) is 34.2. The van der Waals surface area contributed by atoms with Crippen molar-refractivity contribution in [2.75, 3.05) is 6.61 Å². The average molecular weight is 1480 g/mol. The molecule has 7 heterocycles. The zero-order valence-corrected chi connectivity index (χ0v) is 62.5. The molecule has 493 valence electrons. The van der Waals surface area contributed by atoms with E-state index < -0.39 is 59.6 Å². The van der Waals surface area contributed by atoms with Gasteiger partial charge < -0.3 is 71.4 Å². The van der Waals surface area contributed by atoms with E-state index in [4.69, 9.17) is 107 Å². The van der Waals surface area contributed by atoms with Gasteiger partial charge in [-0.25, -0.2) is 0 Å². The van der Waals surface area contributed by atoms with E-state index in [0.717, 1.165) is 32.1 Å². The number of nitrogens with one attached hydrogen (secondary N) is 1. The quantitative estimate of drug-likeness (QED) is 0.0669. The molecule has 0 saturated carbocycles. The number of alkyl halides is 3. The molecule has 0 spiro atoms. The van der Waals surface area contributed by atoms with Crippen LogP contribution in [0.1, 0.15) is 184 Å². The molecule has 0 amide bonds. The Labute approximate surface area is 563 Å². The van der Waals surface area contributed by atoms with Gasteiger partial charge in [-0.2, -0.15) is 0 Å². The summed E-state index contributed by atoms with van der Waals surface area (Å²) in [6, 6.07) is 0. The van der Waals surface area contributed by atoms with Crippen molar-refractivity contribution in [1.82, 2.24) is 0 Å². The van der Waals surface area contributed by atoms with Gasteiger partial charge in [-0.1, -0.05) is 180 Å². The maximum absolute atomic E-state index is 10.5. The van der Waals surface area contributed by atoms with Gasteiger partial charge in [0.2, 0.25) is 12.2 Å². The maximum atomic E-state index is 10.5. The smallest absolute Gasteiger partial charge is 0.265 e. The summed E-state index contributed by atoms with van der Waals surface area (Å²) in [5.41, 5.74) is 0. The molecule has 7 aliphatic heterocycles. The number of hydrogen-bond donors (Lipinski definition) is 2. The number of rotatable bonds is 20. The fourth-order valence-electron chi connectivity index (χ4n) is 14.8. The number of ether oxygens (including phenoxy) is 14. The minimum atomic E-state index is -2.05. The van der Waals surface area contributed by atoms with Gasteiger partial charge in [0.25, 0.3) is 3.79 Å². The molecule has 85 heavy (non-hydrogen) atoms. The Morgan fingerprint density at radius 1 is 0.318 bits per heavy atom. The molecule has 35 atom stereocenters. The third-order valence-electron chi connectivity index (χ3n) is 22.5. The van der Waals surface area contributed by atoms with Crippen LogP contribution >= 0.6 is 34.8 Å². The summed E-state index contributed by atoms with van der Waals surface area (Å²) in [7, 11) is 0. The Kier molecular flexibility index (Phi) is 28.8. The van der Waals surface area contributed by atoms with Crippen molar-refractivity contribution >= 4 is 40.7 Å². The first-order valence-electron chi connectivity index (χ1n) is 33.0. The molecule has 0 aromatic heterocycles. The van der Waals surface area contributed by atoms with Crippen LogP contribution in [0.2, 0.25) is 0 Å². The van der Waals surface area contributed by atoms with Crippen LogP contribution < -0.4 is 0 Å². The van der Waals surface area contributed by atoms with Gasteiger partial charge in [-0.05, 0) is 85.9 Å². The molecule has 7 fully saturated rings. The van der Waals surface area contributed by atoms with Crippen molar-refractivity contribution in [2.45, 2.75) is 311 Å². The van der Waals surface area contributed by atoms with E-state index in [-0.39, 0.29) is 201 Å². The second-order valence-electron chi connectivity index (χ2n) is 27.4. The molecule has 16 nitrogen and oxygen atoms in total. The van der Waals surface area contributed by atoms with E-state index in [1.54, 1.807) is 0 Å². The van der Waals surface area contributed by atoms with E-state index in [1.165, 1.54) is 0 Å². The molecular weight excluding hydrogens is 1370 g/mol. The van der Waals surface area contributed by atoms with Crippen LogP contribution in [0.5, 0.6) is 0 Å². The van der Waals surface area contributed by atoms with Crippen LogP contribution in [-0.2, 0) is 66.3 Å². The summed E-state index contributed by atoms with van der Waals surface area (Å²) >= 11 is 17.8. The first kappa shape index (κ1) is 75.3. The fraction of sp³-hybridized carbons (Fsp3) is 0.985. The van der Waals surface area contributed by atoms with Crippen molar-refractivity contribution < 1.29 is 115 Å². The van der Waals surface area contributed by atoms with Crippen LogP contribution in [0, 0.1) is 138 Å². The molecule has 0 aromatic rings. The van der Waals surface area contributed by atoms with E-state index in [1.807, 2.05) is 13.8 Å². The molecule has 0 aliphatic carbocycles. The Bertz CT molecular complexity index is 2020. The van der Waals surface area contributed by atoms with Gasteiger partial charge in [0.05, 0.1) is 79.9 Å². The van der Waals surface area contributed by atoms with Gasteiger partial charge >= 0.3 is 0 Å². The maximum Gasteiger partial charge on any atom is 0.265 e. The summed E-state index contributed by atoms with van der Waals surface area (Å²) in [6.45, 7) is 45.8. The largest absolute Gasteiger partial charge is 0.448 e. The third kappa shape index (κ3) is 16.5. The Balaban J connectivity index is 0.0000116. The molecule has 7 rings (SSSR count). The van der Waals surface area contributed by atoms with Gasteiger partial charge in [-0.3, -0.25) is 5.41 Å². The van der Waals surface area contributed by atoms with Crippen LogP contribution in [0.15, 0.2) is 0 Å². The van der Waals surface area contributed by atoms with E-state index in [9.17, 15) is 5.11 Å². The summed E-state index contributed by atoms with van der Waals surface area (Å²) in [4.78, 5) is 0. The predicted molar refractivity (Wildman–Crippen MR) is 325 cm³/mol. The van der Waals surface area contributed by atoms with Crippen molar-refractivity contribution in [3.63, 3.8) is 0 Å². The number of aliphatic hydroxyl groups excluding tert-OH is 1. The topological polar surface area (TPSA) is 173 Å². The third-order valence-corrected chi connectivity index (χ3v) is 23.0. The molecule has 0 aromatic carbocycles. The normalized spacial score (nSPS) is 50.1. The average Bonchev–Trinajstić information content (AvgIpc) is 1.76. The Hall–Kier alpha value is 1.22. The minimum absolute atomic E-state index is 0. The molecule has 2 N–H and O–H groups in total. The number of aliphatic hydroxyl groups is 1. The van der Waals surface area contributed by atoms with Crippen LogP contribution in [-0.4, -0.2) is 145 Å². The second-order valence-corrected chi connectivity index (χ2v) is 29.6. The monoisotopic (exact) mass is 1480 g/mol. The van der Waals surface area contributed by atoms with E-state index in [0.29, 0.717) is 18.3 Å². The number of hydrogen-bond acceptors (Lipinski definition) is 16. The summed E-state index contributed by atoms with van der Waals surface area (Å²) in [6.07, 6.45) is -1.98. The van der Waals surface area contributed by atoms with E-state index >= 15 is 0 Å². The van der Waals surface area contributed by atoms with E-state index in [2.05, 4.69) is 132 Å². The van der Waals surface area contributed by atoms with Gasteiger partial charge in [-0.15, -0.1) is 0 Å². The standard InChI is InChI=1S/C65H114Cl3NO15.Ac/c1-22-44-30(8)29(7)37(15)57(71-44)78-51-31(9)38(16)58(72-45(51)23-2)79-52-32(10)39(17)59(73-46(52)24-3)80-53-33(11)40(18)60(74-47(53)25-4)81-54-34(12)41(19)61(75-48(54)26-5)82-55-35(13)42(20)62(76-49(55)27-6)83-56-36(14)43(21)63(77-50(56)28-70)84-64(69)65(66,67)68;/h29-63,69-70H,22-28H2,1-21H3;/t29-,30+,31?,32?,33?,34?,35?,36?,37?,38+,39?,40?,41+,42+,43?,44?,45?,46+,47+,48?,49?,50+,51+,52-,53-,54+,55+,56-,57-,58-,59+,60+,61-,62-,63?;/m0./s1. The van der Waals surface area contributed by atoms with Crippen LogP contribution in [0.3, 0.4) is 0 Å². The molecular formula is C65H114AcCl3NO15. The summed E-state index contributed by atoms with van der Waals surface area (Å²) < 4.78 is 93.4. The van der Waals surface area contributed by atoms with Gasteiger partial charge in [0.15, 0.2) is 37.7 Å². The van der Waals surface area contributed by atoms with Crippen molar-refractivity contribution in [2.24, 2.45) is 88.8 Å². The fourth-order valence-corrected chi connectivity index (χ4v) is 14.9. The van der Waals surface area contributed by atoms with Crippen molar-refractivity contribution in [1.29, 1.82) is 5.41 Å². The zero-order valence-electron chi connectivity index (χ0n) is 55.5. The van der Waals surface area contributed by atoms with Crippen LogP contribution in [0.4, 0.5) is 0 Å².